The number of methoxy groups -OCH3 is 1. The van der Waals surface area contributed by atoms with Gasteiger partial charge in [-0.15, -0.1) is 0 Å². The lowest BCUT2D eigenvalue weighted by Gasteiger charge is -2.19. The minimum Gasteiger partial charge on any atom is -0.481 e. The second-order valence-corrected chi connectivity index (χ2v) is 8.89. The van der Waals surface area contributed by atoms with Gasteiger partial charge < -0.3 is 25.2 Å². The largest absolute Gasteiger partial charge is 0.481 e. The molecular weight excluding hydrogens is 488 g/mol. The number of rotatable bonds is 10. The average Bonchev–Trinajstić information content (AvgIpc) is 3.24. The number of carboxylic acids is 1. The number of carbonyl (C=O) groups excluding carboxylic acids is 3. The molecule has 0 fully saturated rings. The van der Waals surface area contributed by atoms with Crippen LogP contribution in [0.5, 0.6) is 0 Å². The smallest absolute Gasteiger partial charge is 0.407 e. The van der Waals surface area contributed by atoms with Gasteiger partial charge in [-0.1, -0.05) is 60.7 Å². The predicted molar refractivity (Wildman–Crippen MR) is 140 cm³/mol. The third kappa shape index (κ3) is 6.36. The van der Waals surface area contributed by atoms with E-state index in [1.165, 1.54) is 7.11 Å². The number of ether oxygens (including phenoxy) is 2. The maximum absolute atomic E-state index is 12.7. The summed E-state index contributed by atoms with van der Waals surface area (Å²) >= 11 is 0. The van der Waals surface area contributed by atoms with Crippen molar-refractivity contribution in [3.8, 4) is 11.1 Å². The Morgan fingerprint density at radius 3 is 2.05 bits per heavy atom. The molecule has 0 bridgehead atoms. The second-order valence-electron chi connectivity index (χ2n) is 8.89. The molecule has 3 N–H and O–H groups in total. The average molecular weight is 517 g/mol. The number of hydrogen-bond acceptors (Lipinski definition) is 6. The topological polar surface area (TPSA) is 131 Å². The maximum Gasteiger partial charge on any atom is 0.407 e. The maximum atomic E-state index is 12.7. The van der Waals surface area contributed by atoms with E-state index in [1.807, 2.05) is 48.5 Å². The summed E-state index contributed by atoms with van der Waals surface area (Å²) in [6.07, 6.45) is -0.980. The molecule has 0 saturated carbocycles. The van der Waals surface area contributed by atoms with E-state index in [0.717, 1.165) is 22.3 Å². The van der Waals surface area contributed by atoms with Gasteiger partial charge >= 0.3 is 18.0 Å². The quantitative estimate of drug-likeness (QED) is 0.346. The fraction of sp³-hybridized carbons (Fsp3) is 0.241. The molecule has 9 nitrogen and oxygen atoms in total. The fourth-order valence-electron chi connectivity index (χ4n) is 4.52. The van der Waals surface area contributed by atoms with Crippen molar-refractivity contribution in [3.05, 3.63) is 89.5 Å². The van der Waals surface area contributed by atoms with Crippen molar-refractivity contribution in [1.29, 1.82) is 0 Å². The molecule has 0 saturated heterocycles. The number of aliphatic carboxylic acids is 1. The molecule has 1 atom stereocenters. The molecule has 1 aliphatic carbocycles. The van der Waals surface area contributed by atoms with E-state index >= 15 is 0 Å². The molecule has 9 heteroatoms. The van der Waals surface area contributed by atoms with Gasteiger partial charge in [-0.25, -0.2) is 9.59 Å². The zero-order valence-corrected chi connectivity index (χ0v) is 20.8. The van der Waals surface area contributed by atoms with Crippen LogP contribution in [-0.4, -0.2) is 48.8 Å². The highest BCUT2D eigenvalue weighted by Gasteiger charge is 2.30. The molecule has 3 aromatic rings. The number of nitrogens with one attached hydrogen (secondary N) is 2. The zero-order chi connectivity index (χ0) is 27.1. The fourth-order valence-corrected chi connectivity index (χ4v) is 4.52. The van der Waals surface area contributed by atoms with Gasteiger partial charge in [0.15, 0.2) is 0 Å². The van der Waals surface area contributed by atoms with Gasteiger partial charge in [0.25, 0.3) is 0 Å². The van der Waals surface area contributed by atoms with Crippen LogP contribution in [-0.2, 0) is 30.3 Å². The predicted octanol–water partition coefficient (Wildman–Crippen LogP) is 4.11. The Morgan fingerprint density at radius 1 is 0.868 bits per heavy atom. The summed E-state index contributed by atoms with van der Waals surface area (Å²) in [7, 11) is 1.24. The number of anilines is 1. The van der Waals surface area contributed by atoms with Crippen LogP contribution in [0.4, 0.5) is 10.5 Å². The number of carboxylic acid groups (broad SMARTS) is 1. The summed E-state index contributed by atoms with van der Waals surface area (Å²) in [6.45, 7) is 0.115. The van der Waals surface area contributed by atoms with Crippen LogP contribution >= 0.6 is 0 Å². The molecule has 1 unspecified atom stereocenters. The van der Waals surface area contributed by atoms with Gasteiger partial charge in [0.1, 0.15) is 12.6 Å². The number of fused-ring (bicyclic) bond motifs is 3. The van der Waals surface area contributed by atoms with Crippen molar-refractivity contribution in [2.45, 2.75) is 31.2 Å². The van der Waals surface area contributed by atoms with E-state index in [-0.39, 0.29) is 31.8 Å². The lowest BCUT2D eigenvalue weighted by molar-refractivity contribution is -0.143. The SMILES string of the molecule is COC(=O)C(Cc1ccc(NC(=O)CCC(=O)O)cc1)NC(=O)OCC1c2ccccc2-c2ccccc21. The van der Waals surface area contributed by atoms with E-state index in [0.29, 0.717) is 11.3 Å². The molecule has 0 aromatic heterocycles. The summed E-state index contributed by atoms with van der Waals surface area (Å²) in [4.78, 5) is 47.5. The third-order valence-corrected chi connectivity index (χ3v) is 6.36. The van der Waals surface area contributed by atoms with Crippen molar-refractivity contribution < 1.29 is 33.8 Å². The molecule has 2 amide bonds. The van der Waals surface area contributed by atoms with Crippen molar-refractivity contribution in [2.24, 2.45) is 0 Å². The van der Waals surface area contributed by atoms with Crippen molar-refractivity contribution >= 4 is 29.6 Å². The van der Waals surface area contributed by atoms with Crippen LogP contribution in [0.25, 0.3) is 11.1 Å². The summed E-state index contributed by atoms with van der Waals surface area (Å²) in [6, 6.07) is 21.7. The second kappa shape index (κ2) is 12.1. The third-order valence-electron chi connectivity index (χ3n) is 6.36. The molecule has 0 heterocycles. The van der Waals surface area contributed by atoms with Crippen LogP contribution < -0.4 is 10.6 Å². The molecule has 0 aliphatic heterocycles. The Labute approximate surface area is 219 Å². The first-order valence-corrected chi connectivity index (χ1v) is 12.2. The molecular formula is C29H28N2O7. The molecule has 1 aliphatic rings. The number of carbonyl (C=O) groups is 4. The first-order valence-electron chi connectivity index (χ1n) is 12.2. The summed E-state index contributed by atoms with van der Waals surface area (Å²) in [5.41, 5.74) is 5.60. The number of amides is 2. The standard InChI is InChI=1S/C29H28N2O7/c1-37-28(35)25(16-18-10-12-19(13-11-18)30-26(32)14-15-27(33)34)31-29(36)38-17-24-22-8-4-2-6-20(22)21-7-3-5-9-23(21)24/h2-13,24-25H,14-17H2,1H3,(H,30,32)(H,31,36)(H,33,34). The minimum absolute atomic E-state index is 0.108. The summed E-state index contributed by atoms with van der Waals surface area (Å²) in [5, 5.41) is 13.9. The Morgan fingerprint density at radius 2 is 1.47 bits per heavy atom. The zero-order valence-electron chi connectivity index (χ0n) is 20.8. The van der Waals surface area contributed by atoms with Gasteiger partial charge in [0, 0.05) is 24.4 Å². The van der Waals surface area contributed by atoms with E-state index in [1.54, 1.807) is 24.3 Å². The van der Waals surface area contributed by atoms with E-state index < -0.39 is 30.0 Å². The van der Waals surface area contributed by atoms with Crippen LogP contribution in [0.2, 0.25) is 0 Å². The lowest BCUT2D eigenvalue weighted by atomic mass is 9.98. The van der Waals surface area contributed by atoms with Crippen LogP contribution in [0, 0.1) is 0 Å². The lowest BCUT2D eigenvalue weighted by Crippen LogP contribution is -2.43. The van der Waals surface area contributed by atoms with Crippen molar-refractivity contribution in [3.63, 3.8) is 0 Å². The molecule has 38 heavy (non-hydrogen) atoms. The normalized spacial score (nSPS) is 12.6. The van der Waals surface area contributed by atoms with Crippen molar-refractivity contribution in [2.75, 3.05) is 19.0 Å². The van der Waals surface area contributed by atoms with E-state index in [2.05, 4.69) is 10.6 Å². The van der Waals surface area contributed by atoms with Gasteiger partial charge in [-0.05, 0) is 39.9 Å². The Hall–Kier alpha value is -4.66. The van der Waals surface area contributed by atoms with Crippen LogP contribution in [0.3, 0.4) is 0 Å². The minimum atomic E-state index is -1.05. The highest BCUT2D eigenvalue weighted by atomic mass is 16.6. The highest BCUT2D eigenvalue weighted by Crippen LogP contribution is 2.44. The number of hydrogen-bond donors (Lipinski definition) is 3. The highest BCUT2D eigenvalue weighted by molar-refractivity contribution is 5.92. The molecule has 196 valence electrons. The van der Waals surface area contributed by atoms with Gasteiger partial charge in [-0.3, -0.25) is 9.59 Å². The van der Waals surface area contributed by atoms with Crippen molar-refractivity contribution in [1.82, 2.24) is 5.32 Å². The first-order chi connectivity index (χ1) is 18.4. The van der Waals surface area contributed by atoms with Gasteiger partial charge in [0.2, 0.25) is 5.91 Å². The monoisotopic (exact) mass is 516 g/mol. The van der Waals surface area contributed by atoms with Gasteiger partial charge in [0.05, 0.1) is 13.5 Å². The number of benzene rings is 3. The van der Waals surface area contributed by atoms with E-state index in [4.69, 9.17) is 14.6 Å². The van der Waals surface area contributed by atoms with Gasteiger partial charge in [-0.2, -0.15) is 0 Å². The number of alkyl carbamates (subject to hydrolysis) is 1. The Balaban J connectivity index is 1.36. The van der Waals surface area contributed by atoms with E-state index in [9.17, 15) is 19.2 Å². The number of esters is 1. The Bertz CT molecular complexity index is 1290. The van der Waals surface area contributed by atoms with Crippen LogP contribution in [0.15, 0.2) is 72.8 Å². The summed E-state index contributed by atoms with van der Waals surface area (Å²) < 4.78 is 10.4. The molecule has 3 aromatic carbocycles. The molecule has 0 spiro atoms. The van der Waals surface area contributed by atoms with Crippen LogP contribution in [0.1, 0.15) is 35.4 Å². The Kier molecular flexibility index (Phi) is 8.37. The molecule has 0 radical (unpaired) electrons. The molecule has 4 rings (SSSR count). The summed E-state index contributed by atoms with van der Waals surface area (Å²) in [5.74, 6) is -2.19. The first kappa shape index (κ1) is 26.4.